The van der Waals surface area contributed by atoms with E-state index >= 15 is 0 Å². The van der Waals surface area contributed by atoms with Crippen LogP contribution in [0.3, 0.4) is 0 Å². The lowest BCUT2D eigenvalue weighted by atomic mass is 10.2. The van der Waals surface area contributed by atoms with Gasteiger partial charge in [-0.3, -0.25) is 4.98 Å². The van der Waals surface area contributed by atoms with E-state index in [1.807, 2.05) is 6.07 Å². The predicted molar refractivity (Wildman–Crippen MR) is 85.6 cm³/mol. The molecular formula is C17H12F2N4O3. The number of pyridine rings is 1. The highest BCUT2D eigenvalue weighted by molar-refractivity contribution is 5.74. The predicted octanol–water partition coefficient (Wildman–Crippen LogP) is 4.10. The van der Waals surface area contributed by atoms with Crippen molar-refractivity contribution in [2.24, 2.45) is 0 Å². The van der Waals surface area contributed by atoms with E-state index in [-0.39, 0.29) is 12.5 Å². The quantitative estimate of drug-likeness (QED) is 0.531. The minimum Gasteiger partial charge on any atom is -0.487 e. The average Bonchev–Trinajstić information content (AvgIpc) is 3.26. The first kappa shape index (κ1) is 16.1. The molecule has 0 bridgehead atoms. The number of halogens is 2. The van der Waals surface area contributed by atoms with Gasteiger partial charge in [-0.25, -0.2) is 4.98 Å². The standard InChI is InChI=1S/C17H12F2N4O3/c1-9-21-13-5-4-12(6-14(13)25-9)24-8-11-3-2-10(7-20-11)16-22-23-17(26-16)15(18)19/h2-7,15H,8H2,1H3. The molecule has 0 saturated heterocycles. The maximum Gasteiger partial charge on any atom is 0.314 e. The fourth-order valence-electron chi connectivity index (χ4n) is 2.34. The molecule has 4 aromatic rings. The van der Waals surface area contributed by atoms with Crippen LogP contribution in [-0.2, 0) is 6.61 Å². The number of aromatic nitrogens is 4. The summed E-state index contributed by atoms with van der Waals surface area (Å²) in [5.74, 6) is 0.486. The van der Waals surface area contributed by atoms with Crippen LogP contribution < -0.4 is 4.74 Å². The van der Waals surface area contributed by atoms with Gasteiger partial charge in [0.2, 0.25) is 5.89 Å². The zero-order valence-corrected chi connectivity index (χ0v) is 13.5. The number of ether oxygens (including phenoxy) is 1. The van der Waals surface area contributed by atoms with E-state index in [9.17, 15) is 8.78 Å². The van der Waals surface area contributed by atoms with Crippen LogP contribution in [0.1, 0.15) is 23.9 Å². The molecule has 132 valence electrons. The van der Waals surface area contributed by atoms with Gasteiger partial charge in [-0.2, -0.15) is 8.78 Å². The molecule has 3 aromatic heterocycles. The van der Waals surface area contributed by atoms with Crippen molar-refractivity contribution in [2.45, 2.75) is 20.0 Å². The smallest absolute Gasteiger partial charge is 0.314 e. The lowest BCUT2D eigenvalue weighted by molar-refractivity contribution is 0.116. The monoisotopic (exact) mass is 358 g/mol. The van der Waals surface area contributed by atoms with E-state index in [0.717, 1.165) is 5.52 Å². The molecule has 0 N–H and O–H groups in total. The van der Waals surface area contributed by atoms with Crippen LogP contribution in [0.25, 0.3) is 22.6 Å². The molecular weight excluding hydrogens is 346 g/mol. The molecule has 4 rings (SSSR count). The molecule has 0 fully saturated rings. The fourth-order valence-corrected chi connectivity index (χ4v) is 2.34. The highest BCUT2D eigenvalue weighted by Gasteiger charge is 2.17. The molecule has 0 saturated carbocycles. The lowest BCUT2D eigenvalue weighted by Gasteiger charge is -2.05. The van der Waals surface area contributed by atoms with Crippen LogP contribution >= 0.6 is 0 Å². The third kappa shape index (κ3) is 3.23. The maximum atomic E-state index is 12.5. The van der Waals surface area contributed by atoms with Gasteiger partial charge in [0, 0.05) is 19.2 Å². The topological polar surface area (TPSA) is 87.1 Å². The summed E-state index contributed by atoms with van der Waals surface area (Å²) >= 11 is 0. The van der Waals surface area contributed by atoms with Crippen molar-refractivity contribution in [1.82, 2.24) is 20.2 Å². The van der Waals surface area contributed by atoms with Crippen molar-refractivity contribution in [1.29, 1.82) is 0 Å². The number of hydrogen-bond acceptors (Lipinski definition) is 7. The Kier molecular flexibility index (Phi) is 4.04. The van der Waals surface area contributed by atoms with Gasteiger partial charge in [0.1, 0.15) is 17.9 Å². The SMILES string of the molecule is Cc1nc2ccc(OCc3ccc(-c4nnc(C(F)F)o4)cn3)cc2o1. The molecule has 1 aromatic carbocycles. The van der Waals surface area contributed by atoms with Crippen molar-refractivity contribution in [3.8, 4) is 17.2 Å². The van der Waals surface area contributed by atoms with Crippen LogP contribution in [0.15, 0.2) is 45.4 Å². The summed E-state index contributed by atoms with van der Waals surface area (Å²) in [6.45, 7) is 2.00. The Labute approximate surface area is 145 Å². The molecule has 0 atom stereocenters. The van der Waals surface area contributed by atoms with Crippen LogP contribution in [0, 0.1) is 6.92 Å². The fraction of sp³-hybridized carbons (Fsp3) is 0.176. The first-order valence-electron chi connectivity index (χ1n) is 7.65. The average molecular weight is 358 g/mol. The summed E-state index contributed by atoms with van der Waals surface area (Å²) < 4.78 is 41.0. The molecule has 0 aliphatic rings. The minimum atomic E-state index is -2.80. The Morgan fingerprint density at radius 1 is 1.12 bits per heavy atom. The van der Waals surface area contributed by atoms with E-state index in [0.29, 0.717) is 28.5 Å². The zero-order chi connectivity index (χ0) is 18.1. The summed E-state index contributed by atoms with van der Waals surface area (Å²) in [6.07, 6.45) is -1.34. The molecule has 9 heteroatoms. The molecule has 0 aliphatic heterocycles. The Hall–Kier alpha value is -3.36. The number of fused-ring (bicyclic) bond motifs is 1. The number of aryl methyl sites for hydroxylation is 1. The second-order valence-electron chi connectivity index (χ2n) is 5.44. The van der Waals surface area contributed by atoms with Gasteiger partial charge >= 0.3 is 6.43 Å². The number of hydrogen-bond donors (Lipinski definition) is 0. The number of benzene rings is 1. The summed E-state index contributed by atoms with van der Waals surface area (Å²) in [5, 5.41) is 6.86. The Bertz CT molecular complexity index is 1040. The van der Waals surface area contributed by atoms with Gasteiger partial charge in [-0.05, 0) is 24.3 Å². The van der Waals surface area contributed by atoms with Crippen LogP contribution in [0.5, 0.6) is 5.75 Å². The molecule has 0 amide bonds. The Morgan fingerprint density at radius 3 is 2.73 bits per heavy atom. The second-order valence-corrected chi connectivity index (χ2v) is 5.44. The van der Waals surface area contributed by atoms with E-state index in [2.05, 4.69) is 20.2 Å². The van der Waals surface area contributed by atoms with E-state index in [1.54, 1.807) is 31.2 Å². The van der Waals surface area contributed by atoms with Crippen molar-refractivity contribution in [2.75, 3.05) is 0 Å². The minimum absolute atomic E-state index is 0.00795. The molecule has 0 spiro atoms. The van der Waals surface area contributed by atoms with Gasteiger partial charge in [0.25, 0.3) is 5.89 Å². The maximum absolute atomic E-state index is 12.5. The second kappa shape index (κ2) is 6.51. The first-order chi connectivity index (χ1) is 12.6. The third-order valence-corrected chi connectivity index (χ3v) is 3.55. The Balaban J connectivity index is 1.44. The normalized spacial score (nSPS) is 11.4. The van der Waals surface area contributed by atoms with Gasteiger partial charge in [0.15, 0.2) is 11.5 Å². The van der Waals surface area contributed by atoms with Crippen molar-refractivity contribution < 1.29 is 22.4 Å². The van der Waals surface area contributed by atoms with Crippen LogP contribution in [0.2, 0.25) is 0 Å². The summed E-state index contributed by atoms with van der Waals surface area (Å²) in [6, 6.07) is 8.71. The first-order valence-corrected chi connectivity index (χ1v) is 7.65. The third-order valence-electron chi connectivity index (χ3n) is 3.55. The lowest BCUT2D eigenvalue weighted by Crippen LogP contribution is -1.98. The molecule has 7 nitrogen and oxygen atoms in total. The highest BCUT2D eigenvalue weighted by Crippen LogP contribution is 2.24. The summed E-state index contributed by atoms with van der Waals surface area (Å²) in [4.78, 5) is 8.44. The van der Waals surface area contributed by atoms with Gasteiger partial charge in [-0.1, -0.05) is 0 Å². The van der Waals surface area contributed by atoms with E-state index in [1.165, 1.54) is 6.20 Å². The molecule has 26 heavy (non-hydrogen) atoms. The van der Waals surface area contributed by atoms with Crippen LogP contribution in [0.4, 0.5) is 8.78 Å². The number of rotatable bonds is 5. The zero-order valence-electron chi connectivity index (χ0n) is 13.5. The molecule has 0 unspecified atom stereocenters. The van der Waals surface area contributed by atoms with Crippen molar-refractivity contribution in [3.05, 3.63) is 54.0 Å². The molecule has 0 aliphatic carbocycles. The van der Waals surface area contributed by atoms with E-state index in [4.69, 9.17) is 13.6 Å². The van der Waals surface area contributed by atoms with Gasteiger partial charge < -0.3 is 13.6 Å². The number of oxazole rings is 1. The number of nitrogens with zero attached hydrogens (tertiary/aromatic N) is 4. The van der Waals surface area contributed by atoms with Crippen LogP contribution in [-0.4, -0.2) is 20.2 Å². The summed E-state index contributed by atoms with van der Waals surface area (Å²) in [7, 11) is 0. The highest BCUT2D eigenvalue weighted by atomic mass is 19.3. The summed E-state index contributed by atoms with van der Waals surface area (Å²) in [5.41, 5.74) is 2.51. The molecule has 3 heterocycles. The largest absolute Gasteiger partial charge is 0.487 e. The van der Waals surface area contributed by atoms with E-state index < -0.39 is 12.3 Å². The van der Waals surface area contributed by atoms with Crippen molar-refractivity contribution in [3.63, 3.8) is 0 Å². The molecule has 0 radical (unpaired) electrons. The number of alkyl halides is 2. The van der Waals surface area contributed by atoms with Gasteiger partial charge in [0.05, 0.1) is 11.3 Å². The Morgan fingerprint density at radius 2 is 2.00 bits per heavy atom. The van der Waals surface area contributed by atoms with Crippen molar-refractivity contribution >= 4 is 11.1 Å². The van der Waals surface area contributed by atoms with Gasteiger partial charge in [-0.15, -0.1) is 10.2 Å².